The van der Waals surface area contributed by atoms with Crippen LogP contribution in [-0.2, 0) is 0 Å². The molecule has 1 heterocycles. The van der Waals surface area contributed by atoms with Crippen LogP contribution in [-0.4, -0.2) is 0 Å². The van der Waals surface area contributed by atoms with Crippen molar-refractivity contribution in [3.63, 3.8) is 0 Å². The third kappa shape index (κ3) is 7.64. The Balaban J connectivity index is 0.987. The summed E-state index contributed by atoms with van der Waals surface area (Å²) in [6.45, 7) is 0. The van der Waals surface area contributed by atoms with Gasteiger partial charge in [0.15, 0.2) is 0 Å². The second-order valence-electron chi connectivity index (χ2n) is 17.2. The van der Waals surface area contributed by atoms with Crippen molar-refractivity contribution >= 4 is 39.0 Å². The molecule has 0 radical (unpaired) electrons. The molecule has 0 N–H and O–H groups in total. The number of nitrogens with zero attached hydrogens (tertiary/aromatic N) is 1. The zero-order valence-electron chi connectivity index (χ0n) is 37.3. The summed E-state index contributed by atoms with van der Waals surface area (Å²) in [5, 5.41) is 2.25. The van der Waals surface area contributed by atoms with Gasteiger partial charge in [-0.25, -0.2) is 0 Å². The average Bonchev–Trinajstić information content (AvgIpc) is 3.81. The molecule has 0 bridgehead atoms. The highest BCUT2D eigenvalue weighted by Gasteiger charge is 2.20. The standard InChI is InChI=1S/C66H45NO/c1-4-17-46(18-5-1)47-33-35-48(36-34-47)49-37-41-54(42-38-49)67(55-43-39-52(40-44-55)60-30-16-31-63-61-26-12-13-32-64(61)68-66(60)63)56-24-14-23-53(45-56)59-29-15-28-58(51-21-8-3-9-22-51)65(59)62-27-11-10-25-57(62)50-19-6-2-7-20-50/h1-45H. The van der Waals surface area contributed by atoms with Gasteiger partial charge in [-0.1, -0.05) is 231 Å². The topological polar surface area (TPSA) is 16.4 Å². The predicted octanol–water partition coefficient (Wildman–Crippen LogP) is 18.7. The minimum Gasteiger partial charge on any atom is -0.455 e. The molecule has 12 rings (SSSR count). The average molecular weight is 868 g/mol. The van der Waals surface area contributed by atoms with Crippen molar-refractivity contribution in [2.45, 2.75) is 0 Å². The Hall–Kier alpha value is -8.98. The van der Waals surface area contributed by atoms with Crippen molar-refractivity contribution in [3.05, 3.63) is 273 Å². The van der Waals surface area contributed by atoms with Crippen LogP contribution in [0.2, 0.25) is 0 Å². The van der Waals surface area contributed by atoms with Gasteiger partial charge in [-0.2, -0.15) is 0 Å². The van der Waals surface area contributed by atoms with E-state index in [4.69, 9.17) is 4.42 Å². The summed E-state index contributed by atoms with van der Waals surface area (Å²) in [5.74, 6) is 0. The minimum atomic E-state index is 0.897. The molecule has 0 aliphatic rings. The van der Waals surface area contributed by atoms with Crippen LogP contribution in [0.25, 0.3) is 99.8 Å². The van der Waals surface area contributed by atoms with Crippen LogP contribution in [0.3, 0.4) is 0 Å². The number of benzene rings is 11. The van der Waals surface area contributed by atoms with Crippen LogP contribution in [0.4, 0.5) is 17.1 Å². The third-order valence-electron chi connectivity index (χ3n) is 13.1. The van der Waals surface area contributed by atoms with Crippen molar-refractivity contribution in [2.75, 3.05) is 4.90 Å². The largest absolute Gasteiger partial charge is 0.455 e. The fraction of sp³-hybridized carbons (Fsp3) is 0. The Morgan fingerprint density at radius 3 is 1.28 bits per heavy atom. The molecule has 0 atom stereocenters. The fourth-order valence-corrected chi connectivity index (χ4v) is 9.82. The van der Waals surface area contributed by atoms with Gasteiger partial charge < -0.3 is 9.32 Å². The zero-order valence-corrected chi connectivity index (χ0v) is 37.3. The first-order valence-corrected chi connectivity index (χ1v) is 23.2. The summed E-state index contributed by atoms with van der Waals surface area (Å²) in [6, 6.07) is 98.0. The van der Waals surface area contributed by atoms with Gasteiger partial charge in [-0.15, -0.1) is 0 Å². The van der Waals surface area contributed by atoms with E-state index in [1.807, 2.05) is 12.1 Å². The highest BCUT2D eigenvalue weighted by atomic mass is 16.3. The van der Waals surface area contributed by atoms with E-state index in [1.165, 1.54) is 55.6 Å². The molecule has 11 aromatic carbocycles. The Labute approximate surface area is 397 Å². The van der Waals surface area contributed by atoms with Gasteiger partial charge in [-0.3, -0.25) is 0 Å². The Morgan fingerprint density at radius 1 is 0.235 bits per heavy atom. The van der Waals surface area contributed by atoms with Crippen molar-refractivity contribution < 1.29 is 4.42 Å². The van der Waals surface area contributed by atoms with Crippen LogP contribution in [0, 0.1) is 0 Å². The number of anilines is 3. The van der Waals surface area contributed by atoms with E-state index in [0.29, 0.717) is 0 Å². The van der Waals surface area contributed by atoms with Gasteiger partial charge in [0.1, 0.15) is 11.2 Å². The summed E-state index contributed by atoms with van der Waals surface area (Å²) in [4.78, 5) is 2.37. The van der Waals surface area contributed by atoms with Crippen LogP contribution in [0.1, 0.15) is 0 Å². The summed E-state index contributed by atoms with van der Waals surface area (Å²) in [7, 11) is 0. The fourth-order valence-electron chi connectivity index (χ4n) is 9.82. The molecule has 1 aromatic heterocycles. The number of rotatable bonds is 10. The molecule has 2 nitrogen and oxygen atoms in total. The molecule has 0 aliphatic carbocycles. The number of hydrogen-bond acceptors (Lipinski definition) is 2. The van der Waals surface area contributed by atoms with E-state index in [0.717, 1.165) is 61.3 Å². The van der Waals surface area contributed by atoms with Gasteiger partial charge in [0.25, 0.3) is 0 Å². The highest BCUT2D eigenvalue weighted by molar-refractivity contribution is 6.09. The van der Waals surface area contributed by atoms with Crippen molar-refractivity contribution in [3.8, 4) is 77.9 Å². The summed E-state index contributed by atoms with van der Waals surface area (Å²) < 4.78 is 6.49. The van der Waals surface area contributed by atoms with Crippen molar-refractivity contribution in [2.24, 2.45) is 0 Å². The number of hydrogen-bond donors (Lipinski definition) is 0. The SMILES string of the molecule is c1ccc(-c2ccc(-c3ccc(N(c4ccc(-c5cccc6c5oc5ccccc56)cc4)c4cccc(-c5cccc(-c6ccccc6)c5-c5ccccc5-c5ccccc5)c4)cc3)cc2)cc1. The van der Waals surface area contributed by atoms with Crippen LogP contribution in [0.15, 0.2) is 277 Å². The predicted molar refractivity (Wildman–Crippen MR) is 286 cm³/mol. The first kappa shape index (κ1) is 40.5. The van der Waals surface area contributed by atoms with Gasteiger partial charge in [0.2, 0.25) is 0 Å². The Morgan fingerprint density at radius 2 is 0.632 bits per heavy atom. The van der Waals surface area contributed by atoms with Crippen molar-refractivity contribution in [1.29, 1.82) is 0 Å². The molecule has 0 fully saturated rings. The number of para-hydroxylation sites is 2. The van der Waals surface area contributed by atoms with Gasteiger partial charge in [0, 0.05) is 33.4 Å². The van der Waals surface area contributed by atoms with E-state index >= 15 is 0 Å². The van der Waals surface area contributed by atoms with E-state index in [1.54, 1.807) is 0 Å². The first-order valence-electron chi connectivity index (χ1n) is 23.2. The summed E-state index contributed by atoms with van der Waals surface area (Å²) in [6.07, 6.45) is 0. The van der Waals surface area contributed by atoms with Crippen LogP contribution >= 0.6 is 0 Å². The third-order valence-corrected chi connectivity index (χ3v) is 13.1. The first-order chi connectivity index (χ1) is 33.7. The van der Waals surface area contributed by atoms with Gasteiger partial charge >= 0.3 is 0 Å². The Bertz CT molecular complexity index is 3690. The molecule has 0 saturated carbocycles. The molecular formula is C66H45NO. The molecule has 68 heavy (non-hydrogen) atoms. The Kier molecular flexibility index (Phi) is 10.6. The molecule has 0 spiro atoms. The van der Waals surface area contributed by atoms with Crippen LogP contribution in [0.5, 0.6) is 0 Å². The maximum Gasteiger partial charge on any atom is 0.143 e. The maximum atomic E-state index is 6.49. The van der Waals surface area contributed by atoms with E-state index in [2.05, 4.69) is 266 Å². The van der Waals surface area contributed by atoms with E-state index < -0.39 is 0 Å². The van der Waals surface area contributed by atoms with Crippen molar-refractivity contribution in [1.82, 2.24) is 0 Å². The molecule has 320 valence electrons. The lowest BCUT2D eigenvalue weighted by molar-refractivity contribution is 0.670. The van der Waals surface area contributed by atoms with E-state index in [9.17, 15) is 0 Å². The molecule has 0 unspecified atom stereocenters. The van der Waals surface area contributed by atoms with Gasteiger partial charge in [-0.05, 0) is 115 Å². The minimum absolute atomic E-state index is 0.897. The smallest absolute Gasteiger partial charge is 0.143 e. The molecule has 2 heteroatoms. The lowest BCUT2D eigenvalue weighted by Gasteiger charge is -2.27. The second-order valence-corrected chi connectivity index (χ2v) is 17.2. The maximum absolute atomic E-state index is 6.49. The molecule has 0 aliphatic heterocycles. The molecule has 0 amide bonds. The monoisotopic (exact) mass is 867 g/mol. The molecular weight excluding hydrogens is 823 g/mol. The number of fused-ring (bicyclic) bond motifs is 3. The lowest BCUT2D eigenvalue weighted by Crippen LogP contribution is -2.10. The van der Waals surface area contributed by atoms with Gasteiger partial charge in [0.05, 0.1) is 0 Å². The lowest BCUT2D eigenvalue weighted by atomic mass is 9.84. The quantitative estimate of drug-likeness (QED) is 0.136. The zero-order chi connectivity index (χ0) is 45.2. The second kappa shape index (κ2) is 17.8. The summed E-state index contributed by atoms with van der Waals surface area (Å²) in [5.41, 5.74) is 21.3. The number of furan rings is 1. The molecule has 0 saturated heterocycles. The normalized spacial score (nSPS) is 11.2. The van der Waals surface area contributed by atoms with Crippen LogP contribution < -0.4 is 4.90 Å². The summed E-state index contributed by atoms with van der Waals surface area (Å²) >= 11 is 0. The van der Waals surface area contributed by atoms with E-state index in [-0.39, 0.29) is 0 Å². The highest BCUT2D eigenvalue weighted by Crippen LogP contribution is 2.46. The molecule has 12 aromatic rings.